The number of nitrogens with one attached hydrogen (secondary N) is 2. The van der Waals surface area contributed by atoms with Crippen molar-refractivity contribution in [3.05, 3.63) is 11.6 Å². The Hall–Kier alpha value is -0.540. The topological polar surface area (TPSA) is 41.1 Å². The smallest absolute Gasteiger partial charge is 0.221 e. The van der Waals surface area contributed by atoms with Crippen LogP contribution in [0.25, 0.3) is 0 Å². The van der Waals surface area contributed by atoms with E-state index in [1.54, 1.807) is 0 Å². The van der Waals surface area contributed by atoms with Crippen molar-refractivity contribution in [2.24, 2.45) is 0 Å². The molecule has 0 atom stereocenters. The minimum Gasteiger partial charge on any atom is -0.356 e. The third kappa shape index (κ3) is 9.37. The fourth-order valence-electron chi connectivity index (χ4n) is 0.779. The molecule has 0 aromatic carbocycles. The summed E-state index contributed by atoms with van der Waals surface area (Å²) >= 11 is 5.52. The first kappa shape index (κ1) is 12.5. The van der Waals surface area contributed by atoms with Crippen LogP contribution in [0.4, 0.5) is 0 Å². The first-order valence-corrected chi connectivity index (χ1v) is 4.85. The molecule has 0 unspecified atom stereocenters. The molecular formula is C9H17ClN2O. The molecule has 0 spiro atoms. The number of carbonyl (C=O) groups excluding carboxylic acids is 1. The lowest BCUT2D eigenvalue weighted by Gasteiger charge is -2.04. The Labute approximate surface area is 84.5 Å². The molecule has 0 saturated carbocycles. The largest absolute Gasteiger partial charge is 0.356 e. The maximum atomic E-state index is 11.0. The van der Waals surface area contributed by atoms with Gasteiger partial charge in [-0.15, -0.1) is 0 Å². The molecule has 13 heavy (non-hydrogen) atoms. The Kier molecular flexibility index (Phi) is 7.74. The lowest BCUT2D eigenvalue weighted by Crippen LogP contribution is -2.28. The fraction of sp³-hybridized carbons (Fsp3) is 0.667. The zero-order valence-electron chi connectivity index (χ0n) is 8.03. The maximum absolute atomic E-state index is 11.0. The van der Waals surface area contributed by atoms with Crippen molar-refractivity contribution >= 4 is 17.5 Å². The molecule has 1 amide bonds. The van der Waals surface area contributed by atoms with Gasteiger partial charge in [0.2, 0.25) is 5.91 Å². The summed E-state index contributed by atoms with van der Waals surface area (Å²) in [4.78, 5) is 11.0. The Morgan fingerprint density at radius 3 is 2.69 bits per heavy atom. The summed E-state index contributed by atoms with van der Waals surface area (Å²) < 4.78 is 0. The van der Waals surface area contributed by atoms with E-state index < -0.39 is 0 Å². The molecule has 76 valence electrons. The zero-order valence-corrected chi connectivity index (χ0v) is 8.78. The quantitative estimate of drug-likeness (QED) is 0.613. The maximum Gasteiger partial charge on any atom is 0.221 e. The molecule has 0 aromatic rings. The summed E-state index contributed by atoms with van der Waals surface area (Å²) in [6, 6.07) is 0. The van der Waals surface area contributed by atoms with Gasteiger partial charge < -0.3 is 10.6 Å². The van der Waals surface area contributed by atoms with Gasteiger partial charge in [-0.1, -0.05) is 25.1 Å². The van der Waals surface area contributed by atoms with Crippen molar-refractivity contribution in [1.82, 2.24) is 10.6 Å². The first-order valence-electron chi connectivity index (χ1n) is 4.47. The van der Waals surface area contributed by atoms with Crippen molar-refractivity contribution in [3.8, 4) is 0 Å². The molecule has 4 heteroatoms. The highest BCUT2D eigenvalue weighted by Crippen LogP contribution is 1.91. The highest BCUT2D eigenvalue weighted by molar-refractivity contribution is 6.29. The zero-order chi connectivity index (χ0) is 10.1. The number of hydrogen-bond donors (Lipinski definition) is 2. The molecule has 0 fully saturated rings. The normalized spacial score (nSPS) is 9.69. The second-order valence-electron chi connectivity index (χ2n) is 2.79. The summed E-state index contributed by atoms with van der Waals surface area (Å²) in [6.07, 6.45) is 1.46. The van der Waals surface area contributed by atoms with E-state index in [-0.39, 0.29) is 5.91 Å². The summed E-state index contributed by atoms with van der Waals surface area (Å²) in [5, 5.41) is 6.35. The van der Waals surface area contributed by atoms with E-state index in [1.165, 1.54) is 0 Å². The molecule has 0 heterocycles. The van der Waals surface area contributed by atoms with Gasteiger partial charge in [-0.25, -0.2) is 0 Å². The first-order chi connectivity index (χ1) is 6.16. The predicted octanol–water partition coefficient (Wildman–Crippen LogP) is 1.24. The molecule has 0 aliphatic rings. The number of amides is 1. The number of carbonyl (C=O) groups is 1. The lowest BCUT2D eigenvalue weighted by molar-refractivity contribution is -0.120. The fourth-order valence-corrected chi connectivity index (χ4v) is 0.873. The number of halogens is 1. The van der Waals surface area contributed by atoms with Crippen LogP contribution in [0.15, 0.2) is 11.6 Å². The van der Waals surface area contributed by atoms with Crippen LogP contribution in [0.5, 0.6) is 0 Å². The summed E-state index contributed by atoms with van der Waals surface area (Å²) in [5.74, 6) is 0.0783. The van der Waals surface area contributed by atoms with Crippen LogP contribution in [0.3, 0.4) is 0 Å². The van der Waals surface area contributed by atoms with Gasteiger partial charge >= 0.3 is 0 Å². The van der Waals surface area contributed by atoms with Crippen LogP contribution in [0, 0.1) is 0 Å². The Morgan fingerprint density at radius 1 is 1.46 bits per heavy atom. The van der Waals surface area contributed by atoms with Crippen LogP contribution < -0.4 is 10.6 Å². The minimum absolute atomic E-state index is 0.0783. The van der Waals surface area contributed by atoms with Crippen molar-refractivity contribution in [3.63, 3.8) is 0 Å². The number of rotatable bonds is 7. The van der Waals surface area contributed by atoms with Gasteiger partial charge in [0.25, 0.3) is 0 Å². The Bertz CT molecular complexity index is 171. The van der Waals surface area contributed by atoms with Gasteiger partial charge in [-0.3, -0.25) is 4.79 Å². The second-order valence-corrected chi connectivity index (χ2v) is 3.33. The SMILES string of the molecule is C=C(Cl)CNCCC(=O)NCCC. The summed E-state index contributed by atoms with van der Waals surface area (Å²) in [7, 11) is 0. The monoisotopic (exact) mass is 204 g/mol. The standard InChI is InChI=1S/C9H17ClN2O/c1-3-5-12-9(13)4-6-11-7-8(2)10/h11H,2-7H2,1H3,(H,12,13). The van der Waals surface area contributed by atoms with Gasteiger partial charge in [0.05, 0.1) is 0 Å². The molecule has 0 saturated heterocycles. The minimum atomic E-state index is 0.0783. The van der Waals surface area contributed by atoms with E-state index in [9.17, 15) is 4.79 Å². The van der Waals surface area contributed by atoms with E-state index in [1.807, 2.05) is 6.92 Å². The van der Waals surface area contributed by atoms with Gasteiger partial charge in [0.15, 0.2) is 0 Å². The van der Waals surface area contributed by atoms with E-state index >= 15 is 0 Å². The highest BCUT2D eigenvalue weighted by atomic mass is 35.5. The third-order valence-corrected chi connectivity index (χ3v) is 1.55. The van der Waals surface area contributed by atoms with E-state index in [2.05, 4.69) is 17.2 Å². The van der Waals surface area contributed by atoms with E-state index in [0.29, 0.717) is 24.5 Å². The molecule has 0 aliphatic heterocycles. The van der Waals surface area contributed by atoms with Crippen LogP contribution in [0.2, 0.25) is 0 Å². The van der Waals surface area contributed by atoms with Gasteiger partial charge in [0.1, 0.15) is 0 Å². The summed E-state index contributed by atoms with van der Waals surface area (Å²) in [5.41, 5.74) is 0. The van der Waals surface area contributed by atoms with Gasteiger partial charge in [-0.2, -0.15) is 0 Å². The van der Waals surface area contributed by atoms with Crippen molar-refractivity contribution in [2.45, 2.75) is 19.8 Å². The van der Waals surface area contributed by atoms with Crippen molar-refractivity contribution < 1.29 is 4.79 Å². The highest BCUT2D eigenvalue weighted by Gasteiger charge is 1.98. The summed E-state index contributed by atoms with van der Waals surface area (Å²) in [6.45, 7) is 7.50. The van der Waals surface area contributed by atoms with Crippen LogP contribution >= 0.6 is 11.6 Å². The van der Waals surface area contributed by atoms with E-state index in [4.69, 9.17) is 11.6 Å². The number of hydrogen-bond acceptors (Lipinski definition) is 2. The lowest BCUT2D eigenvalue weighted by atomic mass is 10.3. The van der Waals surface area contributed by atoms with Gasteiger partial charge in [0, 0.05) is 31.1 Å². The average molecular weight is 205 g/mol. The molecule has 0 rings (SSSR count). The molecule has 3 nitrogen and oxygen atoms in total. The molecule has 0 bridgehead atoms. The predicted molar refractivity (Wildman–Crippen MR) is 55.8 cm³/mol. The average Bonchev–Trinajstić information content (AvgIpc) is 2.08. The van der Waals surface area contributed by atoms with E-state index in [0.717, 1.165) is 13.0 Å². The molecule has 0 aliphatic carbocycles. The van der Waals surface area contributed by atoms with Gasteiger partial charge in [-0.05, 0) is 6.42 Å². The molecule has 2 N–H and O–H groups in total. The van der Waals surface area contributed by atoms with Crippen molar-refractivity contribution in [2.75, 3.05) is 19.6 Å². The van der Waals surface area contributed by atoms with Crippen molar-refractivity contribution in [1.29, 1.82) is 0 Å². The molecular weight excluding hydrogens is 188 g/mol. The van der Waals surface area contributed by atoms with Crippen LogP contribution in [-0.2, 0) is 4.79 Å². The molecule has 0 aromatic heterocycles. The Morgan fingerprint density at radius 2 is 2.15 bits per heavy atom. The van der Waals surface area contributed by atoms with Crippen LogP contribution in [-0.4, -0.2) is 25.5 Å². The second kappa shape index (κ2) is 8.08. The Balaban J connectivity index is 3.22. The molecule has 0 radical (unpaired) electrons. The third-order valence-electron chi connectivity index (χ3n) is 1.42. The van der Waals surface area contributed by atoms with Crippen LogP contribution in [0.1, 0.15) is 19.8 Å².